The number of hydrogen-bond acceptors (Lipinski definition) is 3. The van der Waals surface area contributed by atoms with Crippen molar-refractivity contribution >= 4 is 35.2 Å². The van der Waals surface area contributed by atoms with Crippen LogP contribution in [0.1, 0.15) is 6.92 Å². The van der Waals surface area contributed by atoms with Crippen LogP contribution in [0.2, 0.25) is 0 Å². The Morgan fingerprint density at radius 1 is 1.50 bits per heavy atom. The average molecular weight is 310 g/mol. The maximum absolute atomic E-state index is 13.5. The molecular formula is C8H9BFIO3. The van der Waals surface area contributed by atoms with Gasteiger partial charge in [-0.1, -0.05) is 6.07 Å². The zero-order valence-electron chi connectivity index (χ0n) is 7.50. The average Bonchev–Trinajstić information content (AvgIpc) is 2.11. The van der Waals surface area contributed by atoms with Crippen molar-refractivity contribution in [3.8, 4) is 5.75 Å². The van der Waals surface area contributed by atoms with E-state index in [-0.39, 0.29) is 11.2 Å². The van der Waals surface area contributed by atoms with E-state index in [9.17, 15) is 4.39 Å². The van der Waals surface area contributed by atoms with Crippen LogP contribution in [0.4, 0.5) is 4.39 Å². The van der Waals surface area contributed by atoms with Crippen molar-refractivity contribution in [2.24, 2.45) is 0 Å². The van der Waals surface area contributed by atoms with Crippen molar-refractivity contribution in [1.29, 1.82) is 0 Å². The van der Waals surface area contributed by atoms with Crippen molar-refractivity contribution < 1.29 is 19.2 Å². The molecule has 0 heterocycles. The maximum Gasteiger partial charge on any atom is 0.491 e. The number of rotatable bonds is 3. The maximum atomic E-state index is 13.5. The molecule has 0 aliphatic heterocycles. The predicted molar refractivity (Wildman–Crippen MR) is 60.1 cm³/mol. The third-order valence-electron chi connectivity index (χ3n) is 1.65. The molecular weight excluding hydrogens is 301 g/mol. The highest BCUT2D eigenvalue weighted by Gasteiger charge is 2.21. The molecule has 0 fully saturated rings. The Kier molecular flexibility index (Phi) is 4.15. The SMILES string of the molecule is CCOc1c(I)ccc(B(O)O)c1F. The summed E-state index contributed by atoms with van der Waals surface area (Å²) in [7, 11) is -1.81. The molecule has 2 N–H and O–H groups in total. The summed E-state index contributed by atoms with van der Waals surface area (Å²) in [5.74, 6) is -0.646. The normalized spacial score (nSPS) is 10.1. The monoisotopic (exact) mass is 310 g/mol. The first-order valence-electron chi connectivity index (χ1n) is 4.04. The summed E-state index contributed by atoms with van der Waals surface area (Å²) in [5, 5.41) is 17.7. The van der Waals surface area contributed by atoms with Crippen LogP contribution in [-0.2, 0) is 0 Å². The zero-order valence-corrected chi connectivity index (χ0v) is 9.66. The molecule has 0 unspecified atom stereocenters. The van der Waals surface area contributed by atoms with E-state index in [1.54, 1.807) is 13.0 Å². The summed E-state index contributed by atoms with van der Waals surface area (Å²) in [6.45, 7) is 2.06. The van der Waals surface area contributed by atoms with Gasteiger partial charge in [-0.25, -0.2) is 4.39 Å². The number of benzene rings is 1. The lowest BCUT2D eigenvalue weighted by Gasteiger charge is -2.10. The minimum absolute atomic E-state index is 0.0682. The van der Waals surface area contributed by atoms with Crippen molar-refractivity contribution in [2.75, 3.05) is 6.61 Å². The molecule has 1 aromatic rings. The second-order valence-electron chi connectivity index (χ2n) is 2.59. The van der Waals surface area contributed by atoms with Crippen molar-refractivity contribution in [3.05, 3.63) is 21.5 Å². The first-order valence-corrected chi connectivity index (χ1v) is 5.12. The fourth-order valence-corrected chi connectivity index (χ4v) is 1.60. The molecule has 0 saturated heterocycles. The highest BCUT2D eigenvalue weighted by Crippen LogP contribution is 2.23. The molecule has 1 aromatic carbocycles. The molecule has 0 radical (unpaired) electrons. The molecule has 0 spiro atoms. The van der Waals surface area contributed by atoms with Gasteiger partial charge in [-0.15, -0.1) is 0 Å². The lowest BCUT2D eigenvalue weighted by molar-refractivity contribution is 0.319. The Bertz CT molecular complexity index is 333. The lowest BCUT2D eigenvalue weighted by Crippen LogP contribution is -2.33. The van der Waals surface area contributed by atoms with Crippen molar-refractivity contribution in [2.45, 2.75) is 6.92 Å². The van der Waals surface area contributed by atoms with Crippen LogP contribution in [0.25, 0.3) is 0 Å². The Hall–Kier alpha value is -0.335. The molecule has 0 amide bonds. The second kappa shape index (κ2) is 4.95. The van der Waals surface area contributed by atoms with Crippen LogP contribution in [0.3, 0.4) is 0 Å². The van der Waals surface area contributed by atoms with Gasteiger partial charge in [-0.3, -0.25) is 0 Å². The number of ether oxygens (including phenoxy) is 1. The molecule has 1 rings (SSSR count). The molecule has 0 atom stereocenters. The standard InChI is InChI=1S/C8H9BFIO3/c1-2-14-8-6(11)4-3-5(7(8)10)9(12)13/h3-4,12-13H,2H2,1H3. The van der Waals surface area contributed by atoms with Crippen LogP contribution >= 0.6 is 22.6 Å². The second-order valence-corrected chi connectivity index (χ2v) is 3.75. The Labute approximate surface area is 95.2 Å². The van der Waals surface area contributed by atoms with Gasteiger partial charge in [0.15, 0.2) is 11.6 Å². The summed E-state index contributed by atoms with van der Waals surface area (Å²) < 4.78 is 19.2. The molecule has 3 nitrogen and oxygen atoms in total. The van der Waals surface area contributed by atoms with Crippen LogP contribution in [0.5, 0.6) is 5.75 Å². The van der Waals surface area contributed by atoms with Gasteiger partial charge in [-0.2, -0.15) is 0 Å². The van der Waals surface area contributed by atoms with Gasteiger partial charge in [0.25, 0.3) is 0 Å². The van der Waals surface area contributed by atoms with Gasteiger partial charge < -0.3 is 14.8 Å². The predicted octanol–water partition coefficient (Wildman–Crippen LogP) is 0.509. The summed E-state index contributed by atoms with van der Waals surface area (Å²) in [6.07, 6.45) is 0. The molecule has 0 saturated carbocycles. The van der Waals surface area contributed by atoms with Crippen LogP contribution in [0.15, 0.2) is 12.1 Å². The van der Waals surface area contributed by atoms with E-state index >= 15 is 0 Å². The van der Waals surface area contributed by atoms with Gasteiger partial charge in [0, 0.05) is 5.46 Å². The van der Waals surface area contributed by atoms with Crippen LogP contribution in [-0.4, -0.2) is 23.8 Å². The summed E-state index contributed by atoms with van der Waals surface area (Å²) in [4.78, 5) is 0. The Morgan fingerprint density at radius 2 is 2.14 bits per heavy atom. The van der Waals surface area contributed by atoms with Gasteiger partial charge in [0.1, 0.15) is 0 Å². The van der Waals surface area contributed by atoms with Crippen molar-refractivity contribution in [3.63, 3.8) is 0 Å². The minimum atomic E-state index is -1.81. The van der Waals surface area contributed by atoms with E-state index in [1.807, 2.05) is 22.6 Å². The van der Waals surface area contributed by atoms with E-state index in [0.717, 1.165) is 0 Å². The quantitative estimate of drug-likeness (QED) is 0.632. The molecule has 0 aliphatic rings. The van der Waals surface area contributed by atoms with Gasteiger partial charge in [0.2, 0.25) is 0 Å². The third-order valence-corrected chi connectivity index (χ3v) is 2.50. The van der Waals surface area contributed by atoms with Gasteiger partial charge in [-0.05, 0) is 35.6 Å². The summed E-state index contributed by atoms with van der Waals surface area (Å²) in [5.41, 5.74) is -0.172. The highest BCUT2D eigenvalue weighted by molar-refractivity contribution is 14.1. The zero-order chi connectivity index (χ0) is 10.7. The van der Waals surface area contributed by atoms with E-state index in [2.05, 4.69) is 0 Å². The summed E-state index contributed by atoms with van der Waals surface area (Å²) in [6, 6.07) is 2.90. The fraction of sp³-hybridized carbons (Fsp3) is 0.250. The topological polar surface area (TPSA) is 49.7 Å². The van der Waals surface area contributed by atoms with Gasteiger partial charge >= 0.3 is 7.12 Å². The summed E-state index contributed by atoms with van der Waals surface area (Å²) >= 11 is 1.92. The van der Waals surface area contributed by atoms with E-state index in [1.165, 1.54) is 6.07 Å². The molecule has 0 bridgehead atoms. The third kappa shape index (κ3) is 2.37. The highest BCUT2D eigenvalue weighted by atomic mass is 127. The Morgan fingerprint density at radius 3 is 2.64 bits per heavy atom. The largest absolute Gasteiger partial charge is 0.491 e. The number of hydrogen-bond donors (Lipinski definition) is 2. The molecule has 6 heteroatoms. The van der Waals surface area contributed by atoms with E-state index in [4.69, 9.17) is 14.8 Å². The minimum Gasteiger partial charge on any atom is -0.490 e. The van der Waals surface area contributed by atoms with E-state index < -0.39 is 12.9 Å². The molecule has 76 valence electrons. The number of halogens is 2. The first-order chi connectivity index (χ1) is 6.57. The fourth-order valence-electron chi connectivity index (χ4n) is 1.02. The first kappa shape index (κ1) is 11.7. The van der Waals surface area contributed by atoms with E-state index in [0.29, 0.717) is 10.2 Å². The lowest BCUT2D eigenvalue weighted by atomic mass is 9.80. The molecule has 0 aliphatic carbocycles. The molecule has 0 aromatic heterocycles. The smallest absolute Gasteiger partial charge is 0.490 e. The van der Waals surface area contributed by atoms with Crippen molar-refractivity contribution in [1.82, 2.24) is 0 Å². The van der Waals surface area contributed by atoms with Crippen LogP contribution < -0.4 is 10.2 Å². The van der Waals surface area contributed by atoms with Crippen LogP contribution in [0, 0.1) is 9.39 Å². The molecule has 14 heavy (non-hydrogen) atoms. The van der Waals surface area contributed by atoms with Gasteiger partial charge in [0.05, 0.1) is 10.2 Å². The Balaban J connectivity index is 3.19.